The summed E-state index contributed by atoms with van der Waals surface area (Å²) in [7, 11) is 0. The molecule has 82 valence electrons. The molecule has 0 radical (unpaired) electrons. The van der Waals surface area contributed by atoms with Crippen LogP contribution in [0.15, 0.2) is 12.2 Å². The van der Waals surface area contributed by atoms with E-state index in [0.717, 1.165) is 17.2 Å². The Morgan fingerprint density at radius 3 is 2.14 bits per heavy atom. The number of hydrogen-bond acceptors (Lipinski definition) is 0. The van der Waals surface area contributed by atoms with Crippen LogP contribution in [0.3, 0.4) is 0 Å². The number of rotatable bonds is 2. The average molecular weight is 259 g/mol. The summed E-state index contributed by atoms with van der Waals surface area (Å²) in [5.74, 6) is 1.79. The van der Waals surface area contributed by atoms with Crippen LogP contribution in [0, 0.1) is 17.3 Å². The molecule has 0 aromatic heterocycles. The molecule has 0 heterocycles. The largest absolute Gasteiger partial charge is 0.0883 e. The van der Waals surface area contributed by atoms with E-state index in [0.29, 0.717) is 5.41 Å². The fraction of sp³-hybridized carbons (Fsp3) is 0.846. The summed E-state index contributed by atoms with van der Waals surface area (Å²) in [5, 5.41) is 1.01. The molecule has 0 aromatic rings. The highest BCUT2D eigenvalue weighted by molar-refractivity contribution is 9.09. The van der Waals surface area contributed by atoms with E-state index in [1.165, 1.54) is 25.7 Å². The van der Waals surface area contributed by atoms with Crippen molar-refractivity contribution >= 4 is 15.9 Å². The fourth-order valence-electron chi connectivity index (χ4n) is 2.42. The predicted molar refractivity (Wildman–Crippen MR) is 67.8 cm³/mol. The summed E-state index contributed by atoms with van der Waals surface area (Å²) in [6, 6.07) is 0. The van der Waals surface area contributed by atoms with Crippen molar-refractivity contribution in [2.45, 2.75) is 46.5 Å². The Morgan fingerprint density at radius 2 is 1.71 bits per heavy atom. The van der Waals surface area contributed by atoms with Crippen LogP contribution in [0.5, 0.6) is 0 Å². The summed E-state index contributed by atoms with van der Waals surface area (Å²) in [6.45, 7) is 7.14. The van der Waals surface area contributed by atoms with Gasteiger partial charge in [-0.3, -0.25) is 0 Å². The summed E-state index contributed by atoms with van der Waals surface area (Å²) in [6.07, 6.45) is 10.3. The Kier molecular flexibility index (Phi) is 4.69. The number of halogens is 1. The molecule has 0 saturated heterocycles. The van der Waals surface area contributed by atoms with E-state index >= 15 is 0 Å². The Balaban J connectivity index is 2.35. The highest BCUT2D eigenvalue weighted by atomic mass is 79.9. The van der Waals surface area contributed by atoms with Gasteiger partial charge in [0.1, 0.15) is 0 Å². The van der Waals surface area contributed by atoms with Gasteiger partial charge in [-0.25, -0.2) is 0 Å². The summed E-state index contributed by atoms with van der Waals surface area (Å²) >= 11 is 3.43. The zero-order chi connectivity index (χ0) is 10.6. The summed E-state index contributed by atoms with van der Waals surface area (Å²) < 4.78 is 0. The Hall–Kier alpha value is 0.220. The molecule has 1 rings (SSSR count). The molecule has 0 N–H and O–H groups in total. The lowest BCUT2D eigenvalue weighted by atomic mass is 9.70. The monoisotopic (exact) mass is 258 g/mol. The number of hydrogen-bond donors (Lipinski definition) is 0. The van der Waals surface area contributed by atoms with Gasteiger partial charge < -0.3 is 0 Å². The smallest absolute Gasteiger partial charge is 0.0212 e. The molecule has 0 aliphatic heterocycles. The zero-order valence-corrected chi connectivity index (χ0v) is 11.3. The maximum Gasteiger partial charge on any atom is 0.0212 e. The van der Waals surface area contributed by atoms with Gasteiger partial charge in [0, 0.05) is 5.33 Å². The Bertz CT molecular complexity index is 180. The molecule has 1 fully saturated rings. The third-order valence-electron chi connectivity index (χ3n) is 3.49. The maximum absolute atomic E-state index is 3.43. The third-order valence-corrected chi connectivity index (χ3v) is 3.87. The first kappa shape index (κ1) is 12.3. The van der Waals surface area contributed by atoms with Crippen molar-refractivity contribution in [2.75, 3.05) is 5.33 Å². The molecule has 0 bridgehead atoms. The van der Waals surface area contributed by atoms with Gasteiger partial charge >= 0.3 is 0 Å². The quantitative estimate of drug-likeness (QED) is 0.494. The Labute approximate surface area is 97.3 Å². The molecule has 1 heteroatoms. The van der Waals surface area contributed by atoms with E-state index in [9.17, 15) is 0 Å². The molecule has 0 spiro atoms. The van der Waals surface area contributed by atoms with Gasteiger partial charge in [0.15, 0.2) is 0 Å². The topological polar surface area (TPSA) is 0 Å². The van der Waals surface area contributed by atoms with Crippen molar-refractivity contribution in [3.05, 3.63) is 12.2 Å². The van der Waals surface area contributed by atoms with Crippen molar-refractivity contribution in [3.8, 4) is 0 Å². The zero-order valence-electron chi connectivity index (χ0n) is 9.72. The molecule has 14 heavy (non-hydrogen) atoms. The maximum atomic E-state index is 3.43. The van der Waals surface area contributed by atoms with Crippen LogP contribution in [0.2, 0.25) is 0 Å². The van der Waals surface area contributed by atoms with E-state index < -0.39 is 0 Å². The SMILES string of the molecule is CC(C)(C)C1CCC(/C=C/CBr)CC1. The molecule has 0 aromatic carbocycles. The van der Waals surface area contributed by atoms with Gasteiger partial charge in [-0.2, -0.15) is 0 Å². The molecular formula is C13H23Br. The first-order valence-corrected chi connectivity index (χ1v) is 6.89. The Morgan fingerprint density at radius 1 is 1.14 bits per heavy atom. The lowest BCUT2D eigenvalue weighted by molar-refractivity contribution is 0.163. The van der Waals surface area contributed by atoms with Crippen LogP contribution >= 0.6 is 15.9 Å². The van der Waals surface area contributed by atoms with Crippen LogP contribution in [-0.4, -0.2) is 5.33 Å². The highest BCUT2D eigenvalue weighted by Gasteiger charge is 2.28. The minimum atomic E-state index is 0.518. The van der Waals surface area contributed by atoms with Crippen molar-refractivity contribution in [2.24, 2.45) is 17.3 Å². The third kappa shape index (κ3) is 3.76. The predicted octanol–water partition coefficient (Wildman–Crippen LogP) is 4.79. The second-order valence-electron chi connectivity index (χ2n) is 5.56. The van der Waals surface area contributed by atoms with Crippen molar-refractivity contribution in [3.63, 3.8) is 0 Å². The number of allylic oxidation sites excluding steroid dienone is 2. The standard InChI is InChI=1S/C13H23Br/c1-13(2,3)12-8-6-11(7-9-12)5-4-10-14/h4-5,11-12H,6-10H2,1-3H3/b5-4+. The van der Waals surface area contributed by atoms with Gasteiger partial charge in [0.2, 0.25) is 0 Å². The van der Waals surface area contributed by atoms with Crippen LogP contribution in [0.25, 0.3) is 0 Å². The molecule has 0 amide bonds. The first-order chi connectivity index (χ1) is 6.54. The van der Waals surface area contributed by atoms with Gasteiger partial charge in [0.25, 0.3) is 0 Å². The molecule has 0 atom stereocenters. The van der Waals surface area contributed by atoms with Gasteiger partial charge in [-0.05, 0) is 42.9 Å². The second kappa shape index (κ2) is 5.34. The van der Waals surface area contributed by atoms with E-state index in [4.69, 9.17) is 0 Å². The minimum Gasteiger partial charge on any atom is -0.0883 e. The van der Waals surface area contributed by atoms with E-state index in [1.807, 2.05) is 0 Å². The molecule has 1 saturated carbocycles. The van der Waals surface area contributed by atoms with E-state index in [1.54, 1.807) is 0 Å². The van der Waals surface area contributed by atoms with Crippen molar-refractivity contribution in [1.29, 1.82) is 0 Å². The van der Waals surface area contributed by atoms with Crippen LogP contribution in [-0.2, 0) is 0 Å². The lowest BCUT2D eigenvalue weighted by Crippen LogP contribution is -2.25. The molecule has 1 aliphatic rings. The molecule has 1 aliphatic carbocycles. The van der Waals surface area contributed by atoms with Gasteiger partial charge in [-0.15, -0.1) is 0 Å². The number of alkyl halides is 1. The normalized spacial score (nSPS) is 29.7. The van der Waals surface area contributed by atoms with E-state index in [2.05, 4.69) is 48.9 Å². The fourth-order valence-corrected chi connectivity index (χ4v) is 2.64. The first-order valence-electron chi connectivity index (χ1n) is 5.76. The van der Waals surface area contributed by atoms with Crippen molar-refractivity contribution in [1.82, 2.24) is 0 Å². The van der Waals surface area contributed by atoms with Gasteiger partial charge in [0.05, 0.1) is 0 Å². The highest BCUT2D eigenvalue weighted by Crippen LogP contribution is 2.40. The van der Waals surface area contributed by atoms with Gasteiger partial charge in [-0.1, -0.05) is 48.9 Å². The van der Waals surface area contributed by atoms with Crippen LogP contribution in [0.1, 0.15) is 46.5 Å². The van der Waals surface area contributed by atoms with E-state index in [-0.39, 0.29) is 0 Å². The lowest BCUT2D eigenvalue weighted by Gasteiger charge is -2.36. The van der Waals surface area contributed by atoms with Crippen molar-refractivity contribution < 1.29 is 0 Å². The minimum absolute atomic E-state index is 0.518. The average Bonchev–Trinajstić information content (AvgIpc) is 2.14. The summed E-state index contributed by atoms with van der Waals surface area (Å²) in [5.41, 5.74) is 0.518. The molecular weight excluding hydrogens is 236 g/mol. The van der Waals surface area contributed by atoms with Crippen LogP contribution < -0.4 is 0 Å². The molecule has 0 unspecified atom stereocenters. The second-order valence-corrected chi connectivity index (χ2v) is 6.21. The van der Waals surface area contributed by atoms with Crippen LogP contribution in [0.4, 0.5) is 0 Å². The summed E-state index contributed by atoms with van der Waals surface area (Å²) in [4.78, 5) is 0. The molecule has 0 nitrogen and oxygen atoms in total.